The molecule has 0 radical (unpaired) electrons. The molecule has 3 rings (SSSR count). The molecular weight excluding hydrogens is 383 g/mol. The summed E-state index contributed by atoms with van der Waals surface area (Å²) in [5.74, 6) is -0.539. The van der Waals surface area contributed by atoms with Crippen molar-refractivity contribution in [3.05, 3.63) is 46.0 Å². The van der Waals surface area contributed by atoms with Crippen LogP contribution in [0.3, 0.4) is 0 Å². The Morgan fingerprint density at radius 3 is 2.52 bits per heavy atom. The lowest BCUT2D eigenvalue weighted by Crippen LogP contribution is -2.10. The second-order valence-corrected chi connectivity index (χ2v) is 9.88. The molecule has 0 N–H and O–H groups in total. The zero-order valence-corrected chi connectivity index (χ0v) is 16.3. The van der Waals surface area contributed by atoms with Crippen LogP contribution in [-0.4, -0.2) is 27.8 Å². The Balaban J connectivity index is 2.16. The van der Waals surface area contributed by atoms with Crippen molar-refractivity contribution in [2.75, 3.05) is 12.8 Å². The van der Waals surface area contributed by atoms with Gasteiger partial charge in [-0.05, 0) is 25.7 Å². The van der Waals surface area contributed by atoms with Crippen molar-refractivity contribution >= 4 is 46.8 Å². The first-order valence-corrected chi connectivity index (χ1v) is 10.7. The first-order chi connectivity index (χ1) is 11.7. The van der Waals surface area contributed by atoms with E-state index in [2.05, 4.69) is 15.0 Å². The van der Waals surface area contributed by atoms with Gasteiger partial charge in [-0.2, -0.15) is 0 Å². The predicted molar refractivity (Wildman–Crippen MR) is 101 cm³/mol. The highest BCUT2D eigenvalue weighted by molar-refractivity contribution is 7.70. The van der Waals surface area contributed by atoms with E-state index in [-0.39, 0.29) is 10.7 Å². The first kappa shape index (κ1) is 18.2. The van der Waals surface area contributed by atoms with E-state index in [1.165, 1.54) is 12.3 Å². The Bertz CT molecular complexity index is 1020. The van der Waals surface area contributed by atoms with E-state index in [1.54, 1.807) is 25.7 Å². The van der Waals surface area contributed by atoms with Gasteiger partial charge in [-0.15, -0.1) is 0 Å². The highest BCUT2D eigenvalue weighted by atomic mass is 35.5. The van der Waals surface area contributed by atoms with E-state index in [0.717, 1.165) is 0 Å². The minimum Gasteiger partial charge on any atom is -0.317 e. The van der Waals surface area contributed by atoms with Crippen LogP contribution in [0.25, 0.3) is 22.3 Å². The highest BCUT2D eigenvalue weighted by Gasteiger charge is 2.19. The Labute approximate surface area is 154 Å². The number of aryl methyl sites for hydroxylation is 1. The van der Waals surface area contributed by atoms with Gasteiger partial charge in [-0.25, -0.2) is 14.4 Å². The molecule has 3 aromatic heterocycles. The molecule has 0 saturated carbocycles. The second kappa shape index (κ2) is 6.64. The van der Waals surface area contributed by atoms with Crippen molar-refractivity contribution in [1.82, 2.24) is 15.0 Å². The summed E-state index contributed by atoms with van der Waals surface area (Å²) in [5, 5.41) is 0.529. The van der Waals surface area contributed by atoms with E-state index in [0.29, 0.717) is 38.9 Å². The molecule has 1 unspecified atom stereocenters. The number of hydrogen-bond donors (Lipinski definition) is 0. The molecule has 1 atom stereocenters. The minimum atomic E-state index is -2.48. The van der Waals surface area contributed by atoms with Gasteiger partial charge >= 0.3 is 0 Å². The molecule has 0 fully saturated rings. The van der Waals surface area contributed by atoms with Crippen molar-refractivity contribution in [2.24, 2.45) is 0 Å². The SMILES string of the molecule is CCP(C)(=O)c1ccc(-c2nc3c(Cl)c(Cl)c(C)nc3cc2F)cn1. The molecule has 0 bridgehead atoms. The van der Waals surface area contributed by atoms with Crippen molar-refractivity contribution in [1.29, 1.82) is 0 Å². The van der Waals surface area contributed by atoms with Crippen LogP contribution in [0.2, 0.25) is 10.0 Å². The Morgan fingerprint density at radius 2 is 1.92 bits per heavy atom. The van der Waals surface area contributed by atoms with Crippen LogP contribution in [0.4, 0.5) is 4.39 Å². The smallest absolute Gasteiger partial charge is 0.151 e. The summed E-state index contributed by atoms with van der Waals surface area (Å²) in [6, 6.07) is 4.58. The molecule has 0 aromatic carbocycles. The molecule has 0 amide bonds. The third kappa shape index (κ3) is 3.29. The number of pyridine rings is 3. The highest BCUT2D eigenvalue weighted by Crippen LogP contribution is 2.38. The molecular formula is C17H15Cl2FN3OP. The molecule has 0 spiro atoms. The van der Waals surface area contributed by atoms with E-state index in [9.17, 15) is 8.96 Å². The first-order valence-electron chi connectivity index (χ1n) is 7.60. The van der Waals surface area contributed by atoms with Crippen molar-refractivity contribution in [3.63, 3.8) is 0 Å². The van der Waals surface area contributed by atoms with Crippen LogP contribution in [-0.2, 0) is 4.57 Å². The van der Waals surface area contributed by atoms with Gasteiger partial charge in [0, 0.05) is 24.0 Å². The van der Waals surface area contributed by atoms with Gasteiger partial charge in [0.05, 0.1) is 26.7 Å². The molecule has 0 aliphatic rings. The molecule has 3 aromatic rings. The normalized spacial score (nSPS) is 13.8. The Morgan fingerprint density at radius 1 is 1.20 bits per heavy atom. The van der Waals surface area contributed by atoms with Crippen molar-refractivity contribution < 1.29 is 8.96 Å². The fourth-order valence-corrected chi connectivity index (χ4v) is 3.81. The maximum absolute atomic E-state index is 14.5. The number of hydrogen-bond acceptors (Lipinski definition) is 4. The van der Waals surface area contributed by atoms with Crippen LogP contribution >= 0.6 is 30.3 Å². The molecule has 4 nitrogen and oxygen atoms in total. The maximum Gasteiger partial charge on any atom is 0.151 e. The summed E-state index contributed by atoms with van der Waals surface area (Å²) < 4.78 is 26.9. The fourth-order valence-electron chi connectivity index (χ4n) is 2.39. The quantitative estimate of drug-likeness (QED) is 0.577. The summed E-state index contributed by atoms with van der Waals surface area (Å²) in [6.45, 7) is 5.22. The van der Waals surface area contributed by atoms with E-state index < -0.39 is 13.0 Å². The number of nitrogens with zero attached hydrogens (tertiary/aromatic N) is 3. The van der Waals surface area contributed by atoms with Crippen LogP contribution in [0.5, 0.6) is 0 Å². The lowest BCUT2D eigenvalue weighted by Gasteiger charge is -2.11. The minimum absolute atomic E-state index is 0.0950. The number of aromatic nitrogens is 3. The zero-order valence-electron chi connectivity index (χ0n) is 13.8. The van der Waals surface area contributed by atoms with E-state index in [1.807, 2.05) is 6.92 Å². The molecule has 25 heavy (non-hydrogen) atoms. The van der Waals surface area contributed by atoms with Crippen LogP contribution in [0.1, 0.15) is 12.6 Å². The monoisotopic (exact) mass is 397 g/mol. The van der Waals surface area contributed by atoms with Gasteiger partial charge in [0.2, 0.25) is 0 Å². The van der Waals surface area contributed by atoms with Crippen LogP contribution in [0.15, 0.2) is 24.4 Å². The van der Waals surface area contributed by atoms with Gasteiger partial charge < -0.3 is 4.57 Å². The lowest BCUT2D eigenvalue weighted by atomic mass is 10.1. The van der Waals surface area contributed by atoms with E-state index >= 15 is 0 Å². The summed E-state index contributed by atoms with van der Waals surface area (Å²) >= 11 is 12.3. The van der Waals surface area contributed by atoms with Gasteiger partial charge in [0.25, 0.3) is 0 Å². The topological polar surface area (TPSA) is 55.7 Å². The molecule has 0 saturated heterocycles. The van der Waals surface area contributed by atoms with Gasteiger partial charge in [-0.1, -0.05) is 30.1 Å². The number of rotatable bonds is 3. The summed E-state index contributed by atoms with van der Waals surface area (Å²) in [5.41, 5.74) is 2.24. The molecule has 3 heterocycles. The molecule has 130 valence electrons. The van der Waals surface area contributed by atoms with Gasteiger partial charge in [0.15, 0.2) is 5.82 Å². The van der Waals surface area contributed by atoms with Crippen LogP contribution < -0.4 is 5.44 Å². The van der Waals surface area contributed by atoms with Crippen molar-refractivity contribution in [3.8, 4) is 11.3 Å². The maximum atomic E-state index is 14.5. The summed E-state index contributed by atoms with van der Waals surface area (Å²) in [4.78, 5) is 12.7. The fraction of sp³-hybridized carbons (Fsp3) is 0.235. The Kier molecular flexibility index (Phi) is 4.84. The Hall–Kier alpha value is -1.55. The van der Waals surface area contributed by atoms with E-state index in [4.69, 9.17) is 23.2 Å². The average molecular weight is 398 g/mol. The molecule has 8 heteroatoms. The molecule has 0 aliphatic heterocycles. The average Bonchev–Trinajstić information content (AvgIpc) is 2.59. The lowest BCUT2D eigenvalue weighted by molar-refractivity contribution is 0.585. The standard InChI is InChI=1S/C17H15Cl2FN3OP/c1-4-25(3,24)13-6-5-10(8-21-13)16-11(20)7-12-17(23-16)15(19)14(18)9(2)22-12/h5-8H,4H2,1-3H3. The zero-order chi connectivity index (χ0) is 18.4. The van der Waals surface area contributed by atoms with Gasteiger partial charge in [0.1, 0.15) is 18.4 Å². The molecule has 0 aliphatic carbocycles. The second-order valence-electron chi connectivity index (χ2n) is 5.83. The predicted octanol–water partition coefficient (Wildman–Crippen LogP) is 5.08. The number of halogens is 3. The largest absolute Gasteiger partial charge is 0.317 e. The summed E-state index contributed by atoms with van der Waals surface area (Å²) in [6.07, 6.45) is 1.98. The van der Waals surface area contributed by atoms with Crippen LogP contribution in [0, 0.1) is 12.7 Å². The van der Waals surface area contributed by atoms with Gasteiger partial charge in [-0.3, -0.25) is 4.98 Å². The number of fused-ring (bicyclic) bond motifs is 1. The van der Waals surface area contributed by atoms with Crippen molar-refractivity contribution in [2.45, 2.75) is 13.8 Å². The summed E-state index contributed by atoms with van der Waals surface area (Å²) in [7, 11) is -2.48. The third-order valence-corrected chi connectivity index (χ3v) is 7.44. The third-order valence-electron chi connectivity index (χ3n) is 4.07.